The van der Waals surface area contributed by atoms with Gasteiger partial charge in [0.05, 0.1) is 11.9 Å². The highest BCUT2D eigenvalue weighted by Crippen LogP contribution is 2.23. The Morgan fingerprint density at radius 1 is 1.11 bits per heavy atom. The molecule has 5 nitrogen and oxygen atoms in total. The molecule has 3 heterocycles. The van der Waals surface area contributed by atoms with Crippen molar-refractivity contribution in [3.63, 3.8) is 0 Å². The second-order valence-corrected chi connectivity index (χ2v) is 7.99. The van der Waals surface area contributed by atoms with E-state index in [9.17, 15) is 4.79 Å². The Bertz CT molecular complexity index is 916. The SMILES string of the molecule is O=C(NCc1cccc(Br)c1)C1CCN(c2ccc(-n3cccc3)cn2)CC1. The van der Waals surface area contributed by atoms with Crippen molar-refractivity contribution >= 4 is 27.7 Å². The maximum Gasteiger partial charge on any atom is 0.223 e. The highest BCUT2D eigenvalue weighted by atomic mass is 79.9. The fraction of sp³-hybridized carbons (Fsp3) is 0.273. The van der Waals surface area contributed by atoms with E-state index in [1.807, 2.05) is 59.6 Å². The summed E-state index contributed by atoms with van der Waals surface area (Å²) in [6.45, 7) is 2.27. The van der Waals surface area contributed by atoms with E-state index in [2.05, 4.69) is 43.3 Å². The van der Waals surface area contributed by atoms with Gasteiger partial charge in [-0.05, 0) is 54.8 Å². The number of nitrogens with one attached hydrogen (secondary N) is 1. The Labute approximate surface area is 173 Å². The van der Waals surface area contributed by atoms with Crippen LogP contribution in [0.4, 0.5) is 5.82 Å². The molecule has 0 atom stereocenters. The first kappa shape index (κ1) is 18.7. The van der Waals surface area contributed by atoms with Crippen LogP contribution in [0.3, 0.4) is 0 Å². The maximum atomic E-state index is 12.5. The number of amides is 1. The lowest BCUT2D eigenvalue weighted by atomic mass is 9.96. The van der Waals surface area contributed by atoms with Crippen LogP contribution in [-0.4, -0.2) is 28.5 Å². The third-order valence-corrected chi connectivity index (χ3v) is 5.67. The summed E-state index contributed by atoms with van der Waals surface area (Å²) in [4.78, 5) is 19.4. The zero-order valence-corrected chi connectivity index (χ0v) is 17.2. The Balaban J connectivity index is 1.28. The summed E-state index contributed by atoms with van der Waals surface area (Å²) < 4.78 is 3.07. The predicted octanol–water partition coefficient (Wildman–Crippen LogP) is 4.17. The molecule has 2 aromatic heterocycles. The van der Waals surface area contributed by atoms with E-state index in [0.717, 1.165) is 47.5 Å². The van der Waals surface area contributed by atoms with Crippen molar-refractivity contribution in [1.29, 1.82) is 0 Å². The zero-order valence-electron chi connectivity index (χ0n) is 15.6. The molecule has 6 heteroatoms. The summed E-state index contributed by atoms with van der Waals surface area (Å²) in [5, 5.41) is 3.08. The van der Waals surface area contributed by atoms with Crippen molar-refractivity contribution in [2.24, 2.45) is 5.92 Å². The third kappa shape index (κ3) is 4.44. The number of hydrogen-bond donors (Lipinski definition) is 1. The summed E-state index contributed by atoms with van der Waals surface area (Å²) >= 11 is 3.46. The van der Waals surface area contributed by atoms with Crippen LogP contribution < -0.4 is 10.2 Å². The lowest BCUT2D eigenvalue weighted by molar-refractivity contribution is -0.125. The van der Waals surface area contributed by atoms with Crippen molar-refractivity contribution < 1.29 is 4.79 Å². The van der Waals surface area contributed by atoms with Gasteiger partial charge < -0.3 is 14.8 Å². The van der Waals surface area contributed by atoms with Crippen molar-refractivity contribution in [2.45, 2.75) is 19.4 Å². The monoisotopic (exact) mass is 438 g/mol. The first-order chi connectivity index (χ1) is 13.7. The molecule has 1 aliphatic heterocycles. The van der Waals surface area contributed by atoms with Crippen molar-refractivity contribution in [2.75, 3.05) is 18.0 Å². The van der Waals surface area contributed by atoms with Crippen LogP contribution in [-0.2, 0) is 11.3 Å². The van der Waals surface area contributed by atoms with Crippen LogP contribution >= 0.6 is 15.9 Å². The molecule has 0 radical (unpaired) electrons. The van der Waals surface area contributed by atoms with Gasteiger partial charge in [-0.25, -0.2) is 4.98 Å². The average Bonchev–Trinajstić information content (AvgIpc) is 3.27. The van der Waals surface area contributed by atoms with Gasteiger partial charge in [-0.1, -0.05) is 28.1 Å². The molecule has 1 N–H and O–H groups in total. The molecule has 144 valence electrons. The van der Waals surface area contributed by atoms with E-state index in [0.29, 0.717) is 6.54 Å². The number of aromatic nitrogens is 2. The van der Waals surface area contributed by atoms with Crippen LogP contribution in [0.25, 0.3) is 5.69 Å². The highest BCUT2D eigenvalue weighted by Gasteiger charge is 2.25. The molecule has 1 amide bonds. The van der Waals surface area contributed by atoms with Gasteiger partial charge in [0.2, 0.25) is 5.91 Å². The number of carbonyl (C=O) groups is 1. The molecule has 1 aliphatic rings. The molecule has 1 saturated heterocycles. The molecule has 3 aromatic rings. The normalized spacial score (nSPS) is 14.8. The van der Waals surface area contributed by atoms with E-state index < -0.39 is 0 Å². The van der Waals surface area contributed by atoms with Crippen molar-refractivity contribution in [3.8, 4) is 5.69 Å². The number of nitrogens with zero attached hydrogens (tertiary/aromatic N) is 3. The van der Waals surface area contributed by atoms with E-state index in [1.165, 1.54) is 0 Å². The fourth-order valence-electron chi connectivity index (χ4n) is 3.58. The van der Waals surface area contributed by atoms with Gasteiger partial charge in [0.15, 0.2) is 0 Å². The fourth-order valence-corrected chi connectivity index (χ4v) is 4.02. The first-order valence-electron chi connectivity index (χ1n) is 9.55. The molecule has 0 unspecified atom stereocenters. The van der Waals surface area contributed by atoms with Gasteiger partial charge in [-0.3, -0.25) is 4.79 Å². The molecule has 28 heavy (non-hydrogen) atoms. The average molecular weight is 439 g/mol. The number of anilines is 1. The Morgan fingerprint density at radius 2 is 1.89 bits per heavy atom. The van der Waals surface area contributed by atoms with Crippen LogP contribution in [0.5, 0.6) is 0 Å². The van der Waals surface area contributed by atoms with Gasteiger partial charge in [-0.2, -0.15) is 0 Å². The number of hydrogen-bond acceptors (Lipinski definition) is 3. The molecule has 0 bridgehead atoms. The molecule has 0 aliphatic carbocycles. The number of benzene rings is 1. The van der Waals surface area contributed by atoms with Crippen molar-refractivity contribution in [1.82, 2.24) is 14.9 Å². The minimum atomic E-state index is 0.0718. The van der Waals surface area contributed by atoms with Crippen LogP contribution in [0.2, 0.25) is 0 Å². The van der Waals surface area contributed by atoms with E-state index >= 15 is 0 Å². The number of carbonyl (C=O) groups excluding carboxylic acids is 1. The summed E-state index contributed by atoms with van der Waals surface area (Å²) in [5.74, 6) is 1.20. The van der Waals surface area contributed by atoms with Gasteiger partial charge >= 0.3 is 0 Å². The molecule has 4 rings (SSSR count). The van der Waals surface area contributed by atoms with Gasteiger partial charge in [0, 0.05) is 42.4 Å². The molecule has 0 spiro atoms. The van der Waals surface area contributed by atoms with Gasteiger partial charge in [0.1, 0.15) is 5.82 Å². The van der Waals surface area contributed by atoms with Crippen LogP contribution in [0.1, 0.15) is 18.4 Å². The standard InChI is InChI=1S/C22H23BrN4O/c23-19-5-3-4-17(14-19)15-25-22(28)18-8-12-27(13-9-18)21-7-6-20(16-24-21)26-10-1-2-11-26/h1-7,10-11,14,16,18H,8-9,12-13,15H2,(H,25,28). The zero-order chi connectivity index (χ0) is 19.3. The summed E-state index contributed by atoms with van der Waals surface area (Å²) in [7, 11) is 0. The van der Waals surface area contributed by atoms with Crippen LogP contribution in [0.15, 0.2) is 71.6 Å². The smallest absolute Gasteiger partial charge is 0.223 e. The second-order valence-electron chi connectivity index (χ2n) is 7.07. The van der Waals surface area contributed by atoms with E-state index in [1.54, 1.807) is 0 Å². The van der Waals surface area contributed by atoms with E-state index in [-0.39, 0.29) is 11.8 Å². The molecule has 1 fully saturated rings. The quantitative estimate of drug-likeness (QED) is 0.650. The summed E-state index contributed by atoms with van der Waals surface area (Å²) in [5.41, 5.74) is 2.16. The minimum Gasteiger partial charge on any atom is -0.357 e. The summed E-state index contributed by atoms with van der Waals surface area (Å²) in [6, 6.07) is 16.2. The number of pyridine rings is 1. The first-order valence-corrected chi connectivity index (χ1v) is 10.3. The maximum absolute atomic E-state index is 12.5. The molecular weight excluding hydrogens is 416 g/mol. The number of piperidine rings is 1. The Hall–Kier alpha value is -2.60. The second kappa shape index (κ2) is 8.61. The third-order valence-electron chi connectivity index (χ3n) is 5.18. The lowest BCUT2D eigenvalue weighted by Gasteiger charge is -2.32. The minimum absolute atomic E-state index is 0.0718. The molecular formula is C22H23BrN4O. The predicted molar refractivity (Wildman–Crippen MR) is 114 cm³/mol. The number of rotatable bonds is 5. The molecule has 0 saturated carbocycles. The van der Waals surface area contributed by atoms with Gasteiger partial charge in [-0.15, -0.1) is 0 Å². The lowest BCUT2D eigenvalue weighted by Crippen LogP contribution is -2.40. The summed E-state index contributed by atoms with van der Waals surface area (Å²) in [6.07, 6.45) is 7.62. The van der Waals surface area contributed by atoms with Crippen LogP contribution in [0, 0.1) is 5.92 Å². The Kier molecular flexibility index (Phi) is 5.76. The topological polar surface area (TPSA) is 50.2 Å². The van der Waals surface area contributed by atoms with Gasteiger partial charge in [0.25, 0.3) is 0 Å². The number of halogens is 1. The van der Waals surface area contributed by atoms with E-state index in [4.69, 9.17) is 0 Å². The molecule has 1 aromatic carbocycles. The highest BCUT2D eigenvalue weighted by molar-refractivity contribution is 9.10. The van der Waals surface area contributed by atoms with Crippen molar-refractivity contribution in [3.05, 3.63) is 77.2 Å². The largest absolute Gasteiger partial charge is 0.357 e. The Morgan fingerprint density at radius 3 is 2.57 bits per heavy atom.